The number of rotatable bonds is 2. The molecule has 0 radical (unpaired) electrons. The molecule has 4 nitrogen and oxygen atoms in total. The summed E-state index contributed by atoms with van der Waals surface area (Å²) in [5.41, 5.74) is 1.35. The predicted molar refractivity (Wildman–Crippen MR) is 72.0 cm³/mol. The number of hydrogen-bond donors (Lipinski definition) is 1. The van der Waals surface area contributed by atoms with Crippen molar-refractivity contribution in [1.29, 1.82) is 0 Å². The van der Waals surface area contributed by atoms with Gasteiger partial charge in [-0.3, -0.25) is 4.79 Å². The maximum atomic E-state index is 12.1. The molecule has 98 valence electrons. The molecular weight excluding hydrogens is 250 g/mol. The Morgan fingerprint density at radius 1 is 1.44 bits per heavy atom. The van der Waals surface area contributed by atoms with Gasteiger partial charge in [0.05, 0.1) is 0 Å². The van der Waals surface area contributed by atoms with Crippen LogP contribution in [-0.4, -0.2) is 42.0 Å². The normalized spacial score (nSPS) is 17.7. The quantitative estimate of drug-likeness (QED) is 0.832. The average molecular weight is 268 g/mol. The van der Waals surface area contributed by atoms with Gasteiger partial charge in [0, 0.05) is 17.3 Å². The fourth-order valence-electron chi connectivity index (χ4n) is 2.18. The van der Waals surface area contributed by atoms with Crippen LogP contribution >= 0.6 is 11.6 Å². The van der Waals surface area contributed by atoms with Gasteiger partial charge >= 0.3 is 0 Å². The Balaban J connectivity index is 1.99. The van der Waals surface area contributed by atoms with Crippen molar-refractivity contribution in [3.8, 4) is 0 Å². The first-order chi connectivity index (χ1) is 8.54. The third-order valence-corrected chi connectivity index (χ3v) is 3.43. The molecule has 1 amide bonds. The topological polar surface area (TPSA) is 45.2 Å². The van der Waals surface area contributed by atoms with E-state index in [1.54, 1.807) is 12.1 Å². The first-order valence-electron chi connectivity index (χ1n) is 6.18. The van der Waals surface area contributed by atoms with E-state index in [2.05, 4.69) is 22.2 Å². The highest BCUT2D eigenvalue weighted by molar-refractivity contribution is 6.29. The second-order valence-electron chi connectivity index (χ2n) is 4.87. The summed E-state index contributed by atoms with van der Waals surface area (Å²) >= 11 is 5.86. The Hall–Kier alpha value is -1.13. The van der Waals surface area contributed by atoms with Crippen molar-refractivity contribution in [3.63, 3.8) is 0 Å². The summed E-state index contributed by atoms with van der Waals surface area (Å²) in [5, 5.41) is 3.42. The van der Waals surface area contributed by atoms with E-state index in [4.69, 9.17) is 11.6 Å². The zero-order valence-corrected chi connectivity index (χ0v) is 11.5. The molecule has 1 aromatic heterocycles. The Morgan fingerprint density at radius 2 is 2.11 bits per heavy atom. The largest absolute Gasteiger partial charge is 0.349 e. The maximum Gasteiger partial charge on any atom is 0.251 e. The van der Waals surface area contributed by atoms with Crippen LogP contribution in [-0.2, 0) is 0 Å². The van der Waals surface area contributed by atoms with Crippen molar-refractivity contribution in [2.75, 3.05) is 20.1 Å². The molecule has 0 aliphatic carbocycles. The molecule has 1 aliphatic heterocycles. The number of halogens is 1. The zero-order valence-electron chi connectivity index (χ0n) is 10.7. The number of carbonyl (C=O) groups excluding carboxylic acids is 1. The molecule has 0 bridgehead atoms. The van der Waals surface area contributed by atoms with Gasteiger partial charge in [-0.2, -0.15) is 0 Å². The van der Waals surface area contributed by atoms with E-state index in [0.717, 1.165) is 31.6 Å². The first kappa shape index (κ1) is 13.3. The molecule has 18 heavy (non-hydrogen) atoms. The lowest BCUT2D eigenvalue weighted by molar-refractivity contribution is 0.0916. The van der Waals surface area contributed by atoms with Gasteiger partial charge in [0.25, 0.3) is 5.91 Å². The summed E-state index contributed by atoms with van der Waals surface area (Å²) in [6.07, 6.45) is 2.00. The SMILES string of the molecule is Cc1cc(C(=O)NC2CCN(C)CC2)cc(Cl)n1. The fourth-order valence-corrected chi connectivity index (χ4v) is 2.43. The lowest BCUT2D eigenvalue weighted by Crippen LogP contribution is -2.43. The third kappa shape index (κ3) is 3.43. The van der Waals surface area contributed by atoms with Crippen molar-refractivity contribution >= 4 is 17.5 Å². The van der Waals surface area contributed by atoms with Gasteiger partial charge in [-0.1, -0.05) is 11.6 Å². The summed E-state index contributed by atoms with van der Waals surface area (Å²) < 4.78 is 0. The minimum atomic E-state index is -0.0584. The molecule has 1 N–H and O–H groups in total. The minimum Gasteiger partial charge on any atom is -0.349 e. The van der Waals surface area contributed by atoms with Crippen molar-refractivity contribution in [1.82, 2.24) is 15.2 Å². The summed E-state index contributed by atoms with van der Waals surface area (Å²) in [7, 11) is 2.10. The Kier molecular flexibility index (Phi) is 4.19. The van der Waals surface area contributed by atoms with Crippen LogP contribution < -0.4 is 5.32 Å². The molecule has 5 heteroatoms. The Labute approximate surface area is 112 Å². The molecule has 1 aromatic rings. The number of aryl methyl sites for hydroxylation is 1. The van der Waals surface area contributed by atoms with Crippen LogP contribution in [0, 0.1) is 6.92 Å². The highest BCUT2D eigenvalue weighted by atomic mass is 35.5. The van der Waals surface area contributed by atoms with E-state index < -0.39 is 0 Å². The van der Waals surface area contributed by atoms with Gasteiger partial charge in [0.2, 0.25) is 0 Å². The molecule has 2 heterocycles. The number of hydrogen-bond acceptors (Lipinski definition) is 3. The number of likely N-dealkylation sites (tertiary alicyclic amines) is 1. The summed E-state index contributed by atoms with van der Waals surface area (Å²) in [6.45, 7) is 3.89. The lowest BCUT2D eigenvalue weighted by atomic mass is 10.0. The van der Waals surface area contributed by atoms with Crippen molar-refractivity contribution in [2.24, 2.45) is 0 Å². The second-order valence-corrected chi connectivity index (χ2v) is 5.26. The first-order valence-corrected chi connectivity index (χ1v) is 6.56. The van der Waals surface area contributed by atoms with E-state index in [1.807, 2.05) is 6.92 Å². The smallest absolute Gasteiger partial charge is 0.251 e. The van der Waals surface area contributed by atoms with Crippen LogP contribution in [0.2, 0.25) is 5.15 Å². The Morgan fingerprint density at radius 3 is 2.72 bits per heavy atom. The lowest BCUT2D eigenvalue weighted by Gasteiger charge is -2.29. The van der Waals surface area contributed by atoms with Gasteiger partial charge in [0.1, 0.15) is 5.15 Å². The molecule has 2 rings (SSSR count). The number of aromatic nitrogens is 1. The van der Waals surface area contributed by atoms with Crippen LogP contribution in [0.25, 0.3) is 0 Å². The molecule has 0 atom stereocenters. The van der Waals surface area contributed by atoms with Crippen LogP contribution in [0.3, 0.4) is 0 Å². The number of nitrogens with one attached hydrogen (secondary N) is 1. The van der Waals surface area contributed by atoms with E-state index in [1.165, 1.54) is 0 Å². The zero-order chi connectivity index (χ0) is 13.1. The van der Waals surface area contributed by atoms with Crippen molar-refractivity contribution in [3.05, 3.63) is 28.5 Å². The van der Waals surface area contributed by atoms with Gasteiger partial charge in [-0.15, -0.1) is 0 Å². The number of piperidine rings is 1. The molecule has 1 saturated heterocycles. The predicted octanol–water partition coefficient (Wildman–Crippen LogP) is 1.87. The van der Waals surface area contributed by atoms with E-state index in [-0.39, 0.29) is 11.9 Å². The Bertz CT molecular complexity index is 422. The molecule has 0 saturated carbocycles. The van der Waals surface area contributed by atoms with Gasteiger partial charge in [0.15, 0.2) is 0 Å². The second kappa shape index (κ2) is 5.67. The summed E-state index contributed by atoms with van der Waals surface area (Å²) in [4.78, 5) is 18.4. The van der Waals surface area contributed by atoms with Crippen LogP contribution in [0.1, 0.15) is 28.9 Å². The standard InChI is InChI=1S/C13H18ClN3O/c1-9-7-10(8-12(14)15-9)13(18)16-11-3-5-17(2)6-4-11/h7-8,11H,3-6H2,1-2H3,(H,16,18). The third-order valence-electron chi connectivity index (χ3n) is 3.24. The number of nitrogens with zero attached hydrogens (tertiary/aromatic N) is 2. The van der Waals surface area contributed by atoms with Crippen LogP contribution in [0.5, 0.6) is 0 Å². The molecule has 0 unspecified atom stereocenters. The van der Waals surface area contributed by atoms with Gasteiger partial charge < -0.3 is 10.2 Å². The van der Waals surface area contributed by atoms with Crippen LogP contribution in [0.15, 0.2) is 12.1 Å². The summed E-state index contributed by atoms with van der Waals surface area (Å²) in [6, 6.07) is 3.63. The number of carbonyl (C=O) groups is 1. The highest BCUT2D eigenvalue weighted by Crippen LogP contribution is 2.13. The highest BCUT2D eigenvalue weighted by Gasteiger charge is 2.19. The molecular formula is C13H18ClN3O. The van der Waals surface area contributed by atoms with E-state index >= 15 is 0 Å². The van der Waals surface area contributed by atoms with E-state index in [9.17, 15) is 4.79 Å². The number of amides is 1. The molecule has 0 spiro atoms. The monoisotopic (exact) mass is 267 g/mol. The molecule has 1 fully saturated rings. The van der Waals surface area contributed by atoms with Gasteiger partial charge in [-0.25, -0.2) is 4.98 Å². The molecule has 0 aromatic carbocycles. The maximum absolute atomic E-state index is 12.1. The van der Waals surface area contributed by atoms with Crippen molar-refractivity contribution < 1.29 is 4.79 Å². The van der Waals surface area contributed by atoms with Crippen molar-refractivity contribution in [2.45, 2.75) is 25.8 Å². The van der Waals surface area contributed by atoms with Gasteiger partial charge in [-0.05, 0) is 52.0 Å². The molecule has 1 aliphatic rings. The average Bonchev–Trinajstić information content (AvgIpc) is 2.31. The van der Waals surface area contributed by atoms with Crippen LogP contribution in [0.4, 0.5) is 0 Å². The summed E-state index contributed by atoms with van der Waals surface area (Å²) in [5.74, 6) is -0.0584. The minimum absolute atomic E-state index is 0.0584. The van der Waals surface area contributed by atoms with E-state index in [0.29, 0.717) is 10.7 Å². The number of pyridine rings is 1. The fraction of sp³-hybridized carbons (Fsp3) is 0.538.